The molecular formula is C11H14N6O3. The van der Waals surface area contributed by atoms with E-state index < -0.39 is 10.8 Å². The van der Waals surface area contributed by atoms with Crippen LogP contribution in [-0.2, 0) is 13.6 Å². The van der Waals surface area contributed by atoms with Crippen molar-refractivity contribution < 1.29 is 9.72 Å². The Labute approximate surface area is 114 Å². The van der Waals surface area contributed by atoms with Crippen LogP contribution in [0, 0.1) is 17.0 Å². The minimum atomic E-state index is -0.635. The van der Waals surface area contributed by atoms with Gasteiger partial charge in [0, 0.05) is 13.6 Å². The molecule has 1 amide bonds. The minimum Gasteiger partial charge on any atom is -0.317 e. The molecule has 9 heteroatoms. The minimum absolute atomic E-state index is 0.221. The third-order valence-corrected chi connectivity index (χ3v) is 2.87. The molecule has 9 nitrogen and oxygen atoms in total. The molecule has 0 aliphatic carbocycles. The fraction of sp³-hybridized carbons (Fsp3) is 0.364. The highest BCUT2D eigenvalue weighted by Gasteiger charge is 2.25. The van der Waals surface area contributed by atoms with E-state index in [1.165, 1.54) is 24.1 Å². The van der Waals surface area contributed by atoms with E-state index in [-0.39, 0.29) is 11.4 Å². The fourth-order valence-electron chi connectivity index (χ4n) is 1.84. The maximum atomic E-state index is 12.1. The molecular weight excluding hydrogens is 264 g/mol. The number of anilines is 1. The van der Waals surface area contributed by atoms with Crippen LogP contribution in [0.1, 0.15) is 23.1 Å². The average Bonchev–Trinajstić information content (AvgIpc) is 2.94. The van der Waals surface area contributed by atoms with Crippen LogP contribution < -0.4 is 5.32 Å². The molecule has 0 radical (unpaired) electrons. The Morgan fingerprint density at radius 1 is 1.55 bits per heavy atom. The number of carbonyl (C=O) groups is 1. The van der Waals surface area contributed by atoms with E-state index in [0.29, 0.717) is 12.2 Å². The highest BCUT2D eigenvalue weighted by molar-refractivity contribution is 6.05. The number of hydrogen-bond donors (Lipinski definition) is 1. The third kappa shape index (κ3) is 2.37. The number of nitrogens with one attached hydrogen (secondary N) is 1. The fourth-order valence-corrected chi connectivity index (χ4v) is 1.84. The molecule has 2 rings (SSSR count). The summed E-state index contributed by atoms with van der Waals surface area (Å²) in [6, 6.07) is 0. The number of nitro groups is 1. The van der Waals surface area contributed by atoms with Gasteiger partial charge in [-0.25, -0.2) is 0 Å². The molecule has 2 heterocycles. The van der Waals surface area contributed by atoms with Crippen LogP contribution >= 0.6 is 0 Å². The second-order valence-corrected chi connectivity index (χ2v) is 4.21. The summed E-state index contributed by atoms with van der Waals surface area (Å²) in [5, 5.41) is 21.4. The molecule has 0 aliphatic rings. The predicted molar refractivity (Wildman–Crippen MR) is 70.5 cm³/mol. The van der Waals surface area contributed by atoms with Crippen LogP contribution in [0.25, 0.3) is 0 Å². The Morgan fingerprint density at radius 2 is 2.25 bits per heavy atom. The molecule has 1 N–H and O–H groups in total. The van der Waals surface area contributed by atoms with E-state index >= 15 is 0 Å². The SMILES string of the molecule is CCn1ncc(NC(=O)c2nn(C)cc2[N+](=O)[O-])c1C. The van der Waals surface area contributed by atoms with Gasteiger partial charge < -0.3 is 5.32 Å². The molecule has 106 valence electrons. The van der Waals surface area contributed by atoms with Crippen LogP contribution in [0.15, 0.2) is 12.4 Å². The van der Waals surface area contributed by atoms with Gasteiger partial charge in [-0.1, -0.05) is 0 Å². The van der Waals surface area contributed by atoms with Crippen molar-refractivity contribution in [3.63, 3.8) is 0 Å². The lowest BCUT2D eigenvalue weighted by molar-refractivity contribution is -0.385. The molecule has 0 aromatic carbocycles. The first kappa shape index (κ1) is 13.7. The maximum Gasteiger partial charge on any atom is 0.320 e. The second kappa shape index (κ2) is 5.11. The Hall–Kier alpha value is -2.71. The van der Waals surface area contributed by atoms with Gasteiger partial charge in [-0.2, -0.15) is 10.2 Å². The second-order valence-electron chi connectivity index (χ2n) is 4.21. The van der Waals surface area contributed by atoms with E-state index in [0.717, 1.165) is 5.69 Å². The van der Waals surface area contributed by atoms with Gasteiger partial charge in [0.1, 0.15) is 6.20 Å². The molecule has 2 aromatic rings. The summed E-state index contributed by atoms with van der Waals surface area (Å²) in [6.45, 7) is 4.40. The van der Waals surface area contributed by atoms with Gasteiger partial charge in [0.05, 0.1) is 22.5 Å². The monoisotopic (exact) mass is 278 g/mol. The van der Waals surface area contributed by atoms with Crippen molar-refractivity contribution in [2.75, 3.05) is 5.32 Å². The zero-order valence-electron chi connectivity index (χ0n) is 11.3. The van der Waals surface area contributed by atoms with Crippen molar-refractivity contribution >= 4 is 17.3 Å². The zero-order valence-corrected chi connectivity index (χ0v) is 11.3. The Balaban J connectivity index is 2.28. The average molecular weight is 278 g/mol. The van der Waals surface area contributed by atoms with Gasteiger partial charge >= 0.3 is 5.69 Å². The van der Waals surface area contributed by atoms with Crippen LogP contribution in [0.5, 0.6) is 0 Å². The number of hydrogen-bond acceptors (Lipinski definition) is 5. The molecule has 0 spiro atoms. The van der Waals surface area contributed by atoms with Crippen molar-refractivity contribution in [2.24, 2.45) is 7.05 Å². The molecule has 0 bridgehead atoms. The van der Waals surface area contributed by atoms with Crippen molar-refractivity contribution in [3.05, 3.63) is 33.9 Å². The summed E-state index contributed by atoms with van der Waals surface area (Å²) >= 11 is 0. The first-order valence-corrected chi connectivity index (χ1v) is 5.95. The number of aryl methyl sites for hydroxylation is 2. The highest BCUT2D eigenvalue weighted by atomic mass is 16.6. The number of nitrogens with zero attached hydrogens (tertiary/aromatic N) is 5. The van der Waals surface area contributed by atoms with Gasteiger partial charge in [0.2, 0.25) is 5.69 Å². The smallest absolute Gasteiger partial charge is 0.317 e. The first-order valence-electron chi connectivity index (χ1n) is 5.95. The first-order chi connectivity index (χ1) is 9.43. The summed E-state index contributed by atoms with van der Waals surface area (Å²) in [6.07, 6.45) is 2.70. The summed E-state index contributed by atoms with van der Waals surface area (Å²) in [7, 11) is 1.52. The summed E-state index contributed by atoms with van der Waals surface area (Å²) in [5.74, 6) is -0.629. The van der Waals surface area contributed by atoms with Gasteiger partial charge in [-0.3, -0.25) is 24.3 Å². The van der Waals surface area contributed by atoms with Gasteiger partial charge in [0.15, 0.2) is 0 Å². The lowest BCUT2D eigenvalue weighted by Gasteiger charge is -2.03. The van der Waals surface area contributed by atoms with Crippen molar-refractivity contribution in [2.45, 2.75) is 20.4 Å². The van der Waals surface area contributed by atoms with E-state index in [1.54, 1.807) is 11.6 Å². The zero-order chi connectivity index (χ0) is 14.9. The summed E-state index contributed by atoms with van der Waals surface area (Å²) in [4.78, 5) is 22.3. The van der Waals surface area contributed by atoms with Crippen molar-refractivity contribution in [1.29, 1.82) is 0 Å². The highest BCUT2D eigenvalue weighted by Crippen LogP contribution is 2.19. The maximum absolute atomic E-state index is 12.1. The number of amides is 1. The van der Waals surface area contributed by atoms with E-state index in [9.17, 15) is 14.9 Å². The Morgan fingerprint density at radius 3 is 2.80 bits per heavy atom. The van der Waals surface area contributed by atoms with E-state index in [4.69, 9.17) is 0 Å². The molecule has 0 fully saturated rings. The Kier molecular flexibility index (Phi) is 3.51. The van der Waals surface area contributed by atoms with Crippen LogP contribution in [0.3, 0.4) is 0 Å². The molecule has 20 heavy (non-hydrogen) atoms. The van der Waals surface area contributed by atoms with Gasteiger partial charge in [-0.05, 0) is 13.8 Å². The van der Waals surface area contributed by atoms with Gasteiger partial charge in [-0.15, -0.1) is 0 Å². The van der Waals surface area contributed by atoms with E-state index in [2.05, 4.69) is 15.5 Å². The van der Waals surface area contributed by atoms with Crippen molar-refractivity contribution in [3.8, 4) is 0 Å². The lowest BCUT2D eigenvalue weighted by atomic mass is 10.3. The molecule has 0 aliphatic heterocycles. The predicted octanol–water partition coefficient (Wildman–Crippen LogP) is 1.11. The van der Waals surface area contributed by atoms with E-state index in [1.807, 2.05) is 6.92 Å². The Bertz CT molecular complexity index is 672. The lowest BCUT2D eigenvalue weighted by Crippen LogP contribution is -2.15. The molecule has 0 saturated carbocycles. The largest absolute Gasteiger partial charge is 0.320 e. The normalized spacial score (nSPS) is 10.6. The number of carbonyl (C=O) groups excluding carboxylic acids is 1. The number of aromatic nitrogens is 4. The van der Waals surface area contributed by atoms with Crippen LogP contribution in [-0.4, -0.2) is 30.4 Å². The summed E-state index contributed by atoms with van der Waals surface area (Å²) in [5.41, 5.74) is 0.739. The number of rotatable bonds is 4. The molecule has 0 atom stereocenters. The quantitative estimate of drug-likeness (QED) is 0.665. The summed E-state index contributed by atoms with van der Waals surface area (Å²) < 4.78 is 2.94. The topological polar surface area (TPSA) is 108 Å². The van der Waals surface area contributed by atoms with Crippen LogP contribution in [0.2, 0.25) is 0 Å². The standard InChI is InChI=1S/C11H14N6O3/c1-4-16-7(2)8(5-12-16)13-11(18)10-9(17(19)20)6-15(3)14-10/h5-6H,4H2,1-3H3,(H,13,18). The van der Waals surface area contributed by atoms with Crippen molar-refractivity contribution in [1.82, 2.24) is 19.6 Å². The molecule has 2 aromatic heterocycles. The molecule has 0 unspecified atom stereocenters. The third-order valence-electron chi connectivity index (χ3n) is 2.87. The molecule has 0 saturated heterocycles. The van der Waals surface area contributed by atoms with Gasteiger partial charge in [0.25, 0.3) is 5.91 Å². The van der Waals surface area contributed by atoms with Crippen LogP contribution in [0.4, 0.5) is 11.4 Å².